The molecular formula is C25H33N3O5S. The first-order chi connectivity index (χ1) is 16.2. The molecule has 9 heteroatoms. The minimum Gasteiger partial charge on any atom is -0.468 e. The Bertz CT molecular complexity index is 1100. The van der Waals surface area contributed by atoms with E-state index in [-0.39, 0.29) is 30.4 Å². The van der Waals surface area contributed by atoms with Crippen LogP contribution in [0.4, 0.5) is 11.4 Å². The molecule has 1 saturated heterocycles. The van der Waals surface area contributed by atoms with Gasteiger partial charge in [0.2, 0.25) is 10.9 Å². The first-order valence-corrected chi connectivity index (χ1v) is 12.5. The van der Waals surface area contributed by atoms with Gasteiger partial charge in [-0.1, -0.05) is 18.2 Å². The van der Waals surface area contributed by atoms with Crippen molar-refractivity contribution in [3.05, 3.63) is 59.2 Å². The van der Waals surface area contributed by atoms with Crippen LogP contribution in [0.5, 0.6) is 0 Å². The van der Waals surface area contributed by atoms with Crippen LogP contribution in [0.3, 0.4) is 0 Å². The van der Waals surface area contributed by atoms with Gasteiger partial charge in [-0.25, -0.2) is 8.42 Å². The summed E-state index contributed by atoms with van der Waals surface area (Å²) in [6.45, 7) is 7.35. The molecule has 1 atom stereocenters. The van der Waals surface area contributed by atoms with Crippen LogP contribution in [0.15, 0.2) is 42.5 Å². The van der Waals surface area contributed by atoms with Crippen LogP contribution in [0.25, 0.3) is 0 Å². The second kappa shape index (κ2) is 11.5. The number of benzene rings is 2. The van der Waals surface area contributed by atoms with Crippen molar-refractivity contribution in [1.82, 2.24) is 4.90 Å². The van der Waals surface area contributed by atoms with Crippen LogP contribution >= 0.6 is 0 Å². The Balaban J connectivity index is 1.71. The normalized spacial score (nSPS) is 15.7. The predicted octanol–water partition coefficient (Wildman–Crippen LogP) is 3.16. The third-order valence-electron chi connectivity index (χ3n) is 6.57. The smallest absolute Gasteiger partial charge is 0.319 e. The van der Waals surface area contributed by atoms with E-state index in [1.165, 1.54) is 11.4 Å². The number of nitrogens with zero attached hydrogens (tertiary/aromatic N) is 2. The lowest BCUT2D eigenvalue weighted by Crippen LogP contribution is -2.45. The molecule has 2 aromatic carbocycles. The van der Waals surface area contributed by atoms with Gasteiger partial charge in [-0.3, -0.25) is 18.8 Å². The van der Waals surface area contributed by atoms with Gasteiger partial charge in [0.25, 0.3) is 5.91 Å². The van der Waals surface area contributed by atoms with Crippen molar-refractivity contribution in [2.24, 2.45) is 5.92 Å². The van der Waals surface area contributed by atoms with Crippen molar-refractivity contribution in [2.45, 2.75) is 39.7 Å². The third kappa shape index (κ3) is 6.15. The number of likely N-dealkylation sites (tertiary alicyclic amines) is 1. The number of methoxy groups -OCH3 is 1. The van der Waals surface area contributed by atoms with Crippen LogP contribution in [0.1, 0.15) is 41.3 Å². The molecule has 0 radical (unpaired) electrons. The van der Waals surface area contributed by atoms with Gasteiger partial charge in [0, 0.05) is 17.3 Å². The molecule has 1 aliphatic heterocycles. The number of hydrogen-bond donors (Lipinski definition) is 2. The minimum atomic E-state index is -2.85. The van der Waals surface area contributed by atoms with Crippen molar-refractivity contribution in [3.8, 4) is 0 Å². The molecule has 8 nitrogen and oxygen atoms in total. The summed E-state index contributed by atoms with van der Waals surface area (Å²) in [5.41, 5.74) is 3.48. The number of nitrogens with one attached hydrogen (secondary N) is 1. The zero-order valence-corrected chi connectivity index (χ0v) is 21.0. The SMILES string of the molecule is COC(=O)CN1CCC([C@@H](C)N(c2ccc(NC(=O)c3ccccc3C)c(C)c2)[SH](=O)=O)CC1. The van der Waals surface area contributed by atoms with Gasteiger partial charge in [0.15, 0.2) is 0 Å². The van der Waals surface area contributed by atoms with E-state index in [9.17, 15) is 18.0 Å². The van der Waals surface area contributed by atoms with Crippen LogP contribution in [-0.2, 0) is 20.4 Å². The Morgan fingerprint density at radius 2 is 1.79 bits per heavy atom. The maximum absolute atomic E-state index is 12.7. The summed E-state index contributed by atoms with van der Waals surface area (Å²) in [4.78, 5) is 26.2. The Hall–Kier alpha value is -2.91. The largest absolute Gasteiger partial charge is 0.468 e. The highest BCUT2D eigenvalue weighted by atomic mass is 32.2. The van der Waals surface area contributed by atoms with Gasteiger partial charge in [0.1, 0.15) is 0 Å². The Morgan fingerprint density at radius 1 is 1.12 bits per heavy atom. The lowest BCUT2D eigenvalue weighted by atomic mass is 9.90. The zero-order valence-electron chi connectivity index (χ0n) is 20.1. The summed E-state index contributed by atoms with van der Waals surface area (Å²) >= 11 is 0. The Kier molecular flexibility index (Phi) is 8.68. The van der Waals surface area contributed by atoms with Crippen molar-refractivity contribution in [2.75, 3.05) is 36.4 Å². The van der Waals surface area contributed by atoms with Crippen molar-refractivity contribution in [3.63, 3.8) is 0 Å². The van der Waals surface area contributed by atoms with Crippen LogP contribution in [0.2, 0.25) is 0 Å². The molecule has 0 unspecified atom stereocenters. The van der Waals surface area contributed by atoms with E-state index >= 15 is 0 Å². The average molecular weight is 488 g/mol. The summed E-state index contributed by atoms with van der Waals surface area (Å²) < 4.78 is 30.7. The molecule has 2 aromatic rings. The molecule has 3 rings (SSSR count). The van der Waals surface area contributed by atoms with E-state index in [2.05, 4.69) is 5.32 Å². The topological polar surface area (TPSA) is 96.0 Å². The van der Waals surface area contributed by atoms with Crippen molar-refractivity contribution >= 4 is 34.1 Å². The summed E-state index contributed by atoms with van der Waals surface area (Å²) in [6, 6.07) is 12.4. The maximum atomic E-state index is 12.7. The third-order valence-corrected chi connectivity index (χ3v) is 7.52. The number of piperidine rings is 1. The number of carbonyl (C=O) groups excluding carboxylic acids is 2. The molecule has 34 heavy (non-hydrogen) atoms. The molecule has 0 bridgehead atoms. The van der Waals surface area contributed by atoms with Crippen LogP contribution in [-0.4, -0.2) is 58.0 Å². The van der Waals surface area contributed by atoms with Gasteiger partial charge in [0.05, 0.1) is 19.3 Å². The van der Waals surface area contributed by atoms with Crippen molar-refractivity contribution < 1.29 is 22.7 Å². The number of carbonyl (C=O) groups is 2. The summed E-state index contributed by atoms with van der Waals surface area (Å²) in [6.07, 6.45) is 1.59. The fraction of sp³-hybridized carbons (Fsp3) is 0.440. The summed E-state index contributed by atoms with van der Waals surface area (Å²) in [7, 11) is -1.48. The lowest BCUT2D eigenvalue weighted by Gasteiger charge is -2.38. The van der Waals surface area contributed by atoms with Crippen LogP contribution in [0, 0.1) is 19.8 Å². The Morgan fingerprint density at radius 3 is 2.38 bits per heavy atom. The quantitative estimate of drug-likeness (QED) is 0.439. The number of hydrogen-bond acceptors (Lipinski definition) is 6. The fourth-order valence-corrected chi connectivity index (χ4v) is 5.27. The zero-order chi connectivity index (χ0) is 24.8. The van der Waals surface area contributed by atoms with E-state index in [4.69, 9.17) is 4.74 Å². The van der Waals surface area contributed by atoms with Gasteiger partial charge in [-0.2, -0.15) is 0 Å². The number of anilines is 2. The van der Waals surface area contributed by atoms with E-state index in [1.807, 2.05) is 43.9 Å². The molecule has 1 amide bonds. The summed E-state index contributed by atoms with van der Waals surface area (Å²) in [5, 5.41) is 2.93. The molecule has 0 aliphatic carbocycles. The second-order valence-corrected chi connectivity index (χ2v) is 9.69. The molecular weight excluding hydrogens is 454 g/mol. The van der Waals surface area contributed by atoms with Gasteiger partial charge < -0.3 is 10.1 Å². The highest BCUT2D eigenvalue weighted by Gasteiger charge is 2.30. The first kappa shape index (κ1) is 25.7. The standard InChI is InChI=1S/C25H33N3O5S/c1-17-7-5-6-8-22(17)25(30)26-23-10-9-21(15-18(23)2)28(34(31)32)19(3)20-11-13-27(14-12-20)16-24(29)33-4/h5-10,15,19-20,34H,11-14,16H2,1-4H3,(H,26,30)/t19-/m1/s1. The van der Waals surface area contributed by atoms with E-state index in [0.717, 1.165) is 37.1 Å². The number of esters is 1. The van der Waals surface area contributed by atoms with Crippen LogP contribution < -0.4 is 9.62 Å². The fourth-order valence-electron chi connectivity index (χ4n) is 4.47. The van der Waals surface area contributed by atoms with E-state index in [1.54, 1.807) is 24.3 Å². The molecule has 1 fully saturated rings. The molecule has 0 aromatic heterocycles. The number of ether oxygens (including phenoxy) is 1. The predicted molar refractivity (Wildman–Crippen MR) is 134 cm³/mol. The molecule has 0 spiro atoms. The number of amides is 1. The highest BCUT2D eigenvalue weighted by molar-refractivity contribution is 7.74. The molecule has 1 aliphatic rings. The number of thiol groups is 1. The minimum absolute atomic E-state index is 0.169. The number of aryl methyl sites for hydroxylation is 2. The van der Waals surface area contributed by atoms with Crippen molar-refractivity contribution in [1.29, 1.82) is 0 Å². The first-order valence-electron chi connectivity index (χ1n) is 11.4. The molecule has 184 valence electrons. The summed E-state index contributed by atoms with van der Waals surface area (Å²) in [5.74, 6) is -0.295. The average Bonchev–Trinajstić information content (AvgIpc) is 2.81. The second-order valence-electron chi connectivity index (χ2n) is 8.78. The monoisotopic (exact) mass is 487 g/mol. The van der Waals surface area contributed by atoms with E-state index in [0.29, 0.717) is 16.9 Å². The highest BCUT2D eigenvalue weighted by Crippen LogP contribution is 2.30. The number of rotatable bonds is 8. The van der Waals surface area contributed by atoms with E-state index < -0.39 is 10.9 Å². The van der Waals surface area contributed by atoms with Gasteiger partial charge in [-0.05, 0) is 88.0 Å². The lowest BCUT2D eigenvalue weighted by molar-refractivity contribution is -0.142. The molecule has 1 heterocycles. The Labute approximate surface area is 203 Å². The maximum Gasteiger partial charge on any atom is 0.319 e. The molecule has 0 saturated carbocycles. The van der Waals surface area contributed by atoms with Gasteiger partial charge in [-0.15, -0.1) is 0 Å². The molecule has 1 N–H and O–H groups in total. The van der Waals surface area contributed by atoms with Gasteiger partial charge >= 0.3 is 5.97 Å².